The van der Waals surface area contributed by atoms with Crippen LogP contribution < -0.4 is 16.4 Å². The Morgan fingerprint density at radius 3 is 2.78 bits per heavy atom. The van der Waals surface area contributed by atoms with Crippen LogP contribution in [0.5, 0.6) is 0 Å². The van der Waals surface area contributed by atoms with Crippen LogP contribution in [0.25, 0.3) is 0 Å². The standard InChI is InChI=1S/C12H14BrN3OS/c13-9-5-7(12(14)18)1-4-10(9)15-6-11(17)16-8-2-3-8/h1,4-5,8,15H,2-3,6H2,(H2,14,18)(H,16,17). The number of benzene rings is 1. The molecule has 4 nitrogen and oxygen atoms in total. The molecule has 96 valence electrons. The molecule has 1 aliphatic rings. The van der Waals surface area contributed by atoms with E-state index in [0.29, 0.717) is 11.0 Å². The molecule has 2 rings (SSSR count). The largest absolute Gasteiger partial charge is 0.389 e. The minimum Gasteiger partial charge on any atom is -0.389 e. The van der Waals surface area contributed by atoms with Crippen LogP contribution in [0.4, 0.5) is 5.69 Å². The van der Waals surface area contributed by atoms with E-state index in [4.69, 9.17) is 18.0 Å². The fourth-order valence-corrected chi connectivity index (χ4v) is 2.14. The van der Waals surface area contributed by atoms with Gasteiger partial charge in [-0.2, -0.15) is 0 Å². The van der Waals surface area contributed by atoms with Gasteiger partial charge in [0.1, 0.15) is 4.99 Å². The Labute approximate surface area is 119 Å². The highest BCUT2D eigenvalue weighted by molar-refractivity contribution is 9.10. The van der Waals surface area contributed by atoms with Crippen molar-refractivity contribution in [3.05, 3.63) is 28.2 Å². The van der Waals surface area contributed by atoms with Crippen LogP contribution in [-0.2, 0) is 4.79 Å². The summed E-state index contributed by atoms with van der Waals surface area (Å²) in [7, 11) is 0. The van der Waals surface area contributed by atoms with Crippen molar-refractivity contribution in [3.8, 4) is 0 Å². The minimum absolute atomic E-state index is 0.0165. The van der Waals surface area contributed by atoms with E-state index in [2.05, 4.69) is 26.6 Å². The number of nitrogens with one attached hydrogen (secondary N) is 2. The van der Waals surface area contributed by atoms with Gasteiger partial charge in [0, 0.05) is 21.8 Å². The second kappa shape index (κ2) is 5.67. The zero-order valence-corrected chi connectivity index (χ0v) is 12.1. The summed E-state index contributed by atoms with van der Waals surface area (Å²) >= 11 is 8.32. The number of thiocarbonyl (C=S) groups is 1. The Kier molecular flexibility index (Phi) is 4.19. The lowest BCUT2D eigenvalue weighted by Gasteiger charge is -2.10. The molecule has 1 aromatic carbocycles. The first-order chi connectivity index (χ1) is 8.56. The van der Waals surface area contributed by atoms with Crippen molar-refractivity contribution in [3.63, 3.8) is 0 Å². The molecule has 0 unspecified atom stereocenters. The summed E-state index contributed by atoms with van der Waals surface area (Å²) in [6.07, 6.45) is 2.19. The Balaban J connectivity index is 1.92. The average Bonchev–Trinajstić information content (AvgIpc) is 3.11. The third kappa shape index (κ3) is 3.68. The van der Waals surface area contributed by atoms with E-state index in [1.165, 1.54) is 0 Å². The molecule has 0 aliphatic heterocycles. The molecular weight excluding hydrogens is 314 g/mol. The van der Waals surface area contributed by atoms with E-state index in [-0.39, 0.29) is 12.5 Å². The van der Waals surface area contributed by atoms with E-state index < -0.39 is 0 Å². The van der Waals surface area contributed by atoms with Gasteiger partial charge in [-0.15, -0.1) is 0 Å². The highest BCUT2D eigenvalue weighted by Crippen LogP contribution is 2.23. The highest BCUT2D eigenvalue weighted by Gasteiger charge is 2.22. The molecule has 6 heteroatoms. The average molecular weight is 328 g/mol. The first-order valence-corrected chi connectivity index (χ1v) is 6.89. The SMILES string of the molecule is NC(=S)c1ccc(NCC(=O)NC2CC2)c(Br)c1. The van der Waals surface area contributed by atoms with Gasteiger partial charge < -0.3 is 16.4 Å². The van der Waals surface area contributed by atoms with Crippen LogP contribution in [0.2, 0.25) is 0 Å². The third-order valence-electron chi connectivity index (χ3n) is 2.64. The fraction of sp³-hybridized carbons (Fsp3) is 0.333. The predicted octanol–water partition coefficient (Wildman–Crippen LogP) is 1.77. The van der Waals surface area contributed by atoms with Gasteiger partial charge in [0.25, 0.3) is 0 Å². The van der Waals surface area contributed by atoms with Crippen molar-refractivity contribution in [1.82, 2.24) is 5.32 Å². The van der Waals surface area contributed by atoms with Crippen molar-refractivity contribution >= 4 is 44.7 Å². The van der Waals surface area contributed by atoms with Gasteiger partial charge in [-0.05, 0) is 47.0 Å². The van der Waals surface area contributed by atoms with Gasteiger partial charge in [-0.3, -0.25) is 4.79 Å². The summed E-state index contributed by atoms with van der Waals surface area (Å²) in [5.74, 6) is 0.0165. The van der Waals surface area contributed by atoms with Crippen molar-refractivity contribution in [1.29, 1.82) is 0 Å². The van der Waals surface area contributed by atoms with Crippen molar-refractivity contribution < 1.29 is 4.79 Å². The predicted molar refractivity (Wildman–Crippen MR) is 79.7 cm³/mol. The van der Waals surface area contributed by atoms with Gasteiger partial charge in [0.05, 0.1) is 6.54 Å². The summed E-state index contributed by atoms with van der Waals surface area (Å²) in [4.78, 5) is 11.9. The summed E-state index contributed by atoms with van der Waals surface area (Å²) in [5.41, 5.74) is 7.19. The van der Waals surface area contributed by atoms with E-state index in [1.807, 2.05) is 18.2 Å². The molecule has 1 saturated carbocycles. The molecule has 1 amide bonds. The molecule has 1 aliphatic carbocycles. The summed E-state index contributed by atoms with van der Waals surface area (Å²) in [5, 5.41) is 5.98. The first kappa shape index (κ1) is 13.3. The fourth-order valence-electron chi connectivity index (χ4n) is 1.49. The Hall–Kier alpha value is -1.14. The summed E-state index contributed by atoms with van der Waals surface area (Å²) in [6, 6.07) is 5.90. The van der Waals surface area contributed by atoms with E-state index in [1.54, 1.807) is 0 Å². The van der Waals surface area contributed by atoms with E-state index >= 15 is 0 Å². The zero-order chi connectivity index (χ0) is 13.1. The number of carbonyl (C=O) groups is 1. The molecule has 0 spiro atoms. The smallest absolute Gasteiger partial charge is 0.239 e. The summed E-state index contributed by atoms with van der Waals surface area (Å²) in [6.45, 7) is 0.265. The molecule has 18 heavy (non-hydrogen) atoms. The van der Waals surface area contributed by atoms with Crippen molar-refractivity contribution in [2.75, 3.05) is 11.9 Å². The maximum atomic E-state index is 11.5. The Bertz CT molecular complexity index is 488. The molecule has 0 aromatic heterocycles. The van der Waals surface area contributed by atoms with Crippen LogP contribution in [-0.4, -0.2) is 23.5 Å². The minimum atomic E-state index is 0.0165. The number of anilines is 1. The number of hydrogen-bond donors (Lipinski definition) is 3. The zero-order valence-electron chi connectivity index (χ0n) is 9.70. The number of halogens is 1. The van der Waals surface area contributed by atoms with Crippen LogP contribution in [0, 0.1) is 0 Å². The topological polar surface area (TPSA) is 67.1 Å². The summed E-state index contributed by atoms with van der Waals surface area (Å²) < 4.78 is 0.840. The number of rotatable bonds is 5. The van der Waals surface area contributed by atoms with Crippen molar-refractivity contribution in [2.24, 2.45) is 5.73 Å². The van der Waals surface area contributed by atoms with E-state index in [0.717, 1.165) is 28.6 Å². The number of nitrogens with two attached hydrogens (primary N) is 1. The van der Waals surface area contributed by atoms with Gasteiger partial charge >= 0.3 is 0 Å². The Morgan fingerprint density at radius 2 is 2.22 bits per heavy atom. The second-order valence-corrected chi connectivity index (χ2v) is 5.55. The van der Waals surface area contributed by atoms with Gasteiger partial charge in [-0.25, -0.2) is 0 Å². The molecule has 0 radical (unpaired) electrons. The van der Waals surface area contributed by atoms with Crippen LogP contribution >= 0.6 is 28.1 Å². The van der Waals surface area contributed by atoms with Gasteiger partial charge in [0.2, 0.25) is 5.91 Å². The third-order valence-corrected chi connectivity index (χ3v) is 3.53. The van der Waals surface area contributed by atoms with Crippen LogP contribution in [0.1, 0.15) is 18.4 Å². The van der Waals surface area contributed by atoms with Crippen molar-refractivity contribution in [2.45, 2.75) is 18.9 Å². The molecule has 1 aromatic rings. The molecule has 4 N–H and O–H groups in total. The molecular formula is C12H14BrN3OS. The molecule has 0 saturated heterocycles. The number of amides is 1. The second-order valence-electron chi connectivity index (χ2n) is 4.25. The lowest BCUT2D eigenvalue weighted by molar-refractivity contribution is -0.119. The first-order valence-electron chi connectivity index (χ1n) is 5.69. The lowest BCUT2D eigenvalue weighted by atomic mass is 10.2. The molecule has 0 heterocycles. The number of hydrogen-bond acceptors (Lipinski definition) is 3. The van der Waals surface area contributed by atoms with Gasteiger partial charge in [-0.1, -0.05) is 12.2 Å². The van der Waals surface area contributed by atoms with Crippen LogP contribution in [0.3, 0.4) is 0 Å². The highest BCUT2D eigenvalue weighted by atomic mass is 79.9. The maximum absolute atomic E-state index is 11.5. The molecule has 0 bridgehead atoms. The van der Waals surface area contributed by atoms with Crippen LogP contribution in [0.15, 0.2) is 22.7 Å². The Morgan fingerprint density at radius 1 is 1.50 bits per heavy atom. The maximum Gasteiger partial charge on any atom is 0.239 e. The molecule has 1 fully saturated rings. The van der Waals surface area contributed by atoms with E-state index in [9.17, 15) is 4.79 Å². The molecule has 0 atom stereocenters. The van der Waals surface area contributed by atoms with Gasteiger partial charge in [0.15, 0.2) is 0 Å². The lowest BCUT2D eigenvalue weighted by Crippen LogP contribution is -2.31. The quantitative estimate of drug-likeness (QED) is 0.721. The number of carbonyl (C=O) groups excluding carboxylic acids is 1. The monoisotopic (exact) mass is 327 g/mol. The normalized spacial score (nSPS) is 14.1.